The molecule has 3 N–H and O–H groups in total. The van der Waals surface area contributed by atoms with Gasteiger partial charge >= 0.3 is 0 Å². The Balaban J connectivity index is 1.48. The number of carbonyl (C=O) groups excluding carboxylic acids is 1. The molecule has 0 atom stereocenters. The molecule has 9 nitrogen and oxygen atoms in total. The number of rotatable bonds is 8. The molecule has 0 fully saturated rings. The third-order valence-corrected chi connectivity index (χ3v) is 4.77. The summed E-state index contributed by atoms with van der Waals surface area (Å²) in [7, 11) is 1.55. The summed E-state index contributed by atoms with van der Waals surface area (Å²) in [6, 6.07) is 10.5. The molecular formula is C21H18ClN5O4. The van der Waals surface area contributed by atoms with Crippen LogP contribution in [0.1, 0.15) is 16.1 Å². The van der Waals surface area contributed by atoms with Crippen LogP contribution in [0.15, 0.2) is 53.3 Å². The second-order valence-corrected chi connectivity index (χ2v) is 6.91. The first-order valence-corrected chi connectivity index (χ1v) is 9.65. The molecule has 0 unspecified atom stereocenters. The number of aromatic nitrogens is 3. The molecule has 3 aromatic heterocycles. The highest BCUT2D eigenvalue weighted by atomic mass is 35.5. The fourth-order valence-corrected chi connectivity index (χ4v) is 3.21. The van der Waals surface area contributed by atoms with Gasteiger partial charge in [0.1, 0.15) is 11.4 Å². The summed E-state index contributed by atoms with van der Waals surface area (Å²) in [5.74, 6) is 0.764. The van der Waals surface area contributed by atoms with Crippen LogP contribution in [0.3, 0.4) is 0 Å². The number of nitrogens with one attached hydrogen (secondary N) is 1. The molecule has 4 aromatic rings. The molecule has 0 spiro atoms. The molecule has 3 heterocycles. The highest BCUT2D eigenvalue weighted by Gasteiger charge is 2.15. The normalized spacial score (nSPS) is 10.8. The smallest absolute Gasteiger partial charge is 0.277 e. The van der Waals surface area contributed by atoms with Crippen LogP contribution >= 0.6 is 11.6 Å². The zero-order chi connectivity index (χ0) is 21.8. The maximum absolute atomic E-state index is 11.3. The van der Waals surface area contributed by atoms with Gasteiger partial charge in [-0.2, -0.15) is 0 Å². The first kappa shape index (κ1) is 20.4. The summed E-state index contributed by atoms with van der Waals surface area (Å²) >= 11 is 6.18. The Morgan fingerprint density at radius 2 is 2.10 bits per heavy atom. The van der Waals surface area contributed by atoms with Crippen molar-refractivity contribution in [2.75, 3.05) is 19.0 Å². The number of fused-ring (bicyclic) bond motifs is 1. The standard InChI is InChI=1S/C21H18ClN5O4/c1-29-17-3-2-13(11-15(17)22)25-20-14-6-9-30-18(14)21(27-26-20)31-8-5-12-4-7-24-16(10-12)19(23)28/h2-4,6-7,9-11H,5,8H2,1H3,(H2,23,28)(H,25,26). The number of hydrogen-bond donors (Lipinski definition) is 2. The van der Waals surface area contributed by atoms with Gasteiger partial charge < -0.3 is 24.9 Å². The van der Waals surface area contributed by atoms with E-state index >= 15 is 0 Å². The van der Waals surface area contributed by atoms with E-state index in [9.17, 15) is 4.79 Å². The SMILES string of the molecule is COc1ccc(Nc2nnc(OCCc3ccnc(C(N)=O)c3)c3occc23)cc1Cl. The van der Waals surface area contributed by atoms with Crippen molar-refractivity contribution < 1.29 is 18.7 Å². The average Bonchev–Trinajstić information content (AvgIpc) is 3.26. The van der Waals surface area contributed by atoms with Crippen molar-refractivity contribution in [2.45, 2.75) is 6.42 Å². The van der Waals surface area contributed by atoms with Gasteiger partial charge in [0, 0.05) is 18.3 Å². The lowest BCUT2D eigenvalue weighted by molar-refractivity contribution is 0.0995. The zero-order valence-corrected chi connectivity index (χ0v) is 17.2. The van der Waals surface area contributed by atoms with E-state index in [0.29, 0.717) is 40.6 Å². The van der Waals surface area contributed by atoms with E-state index in [1.807, 2.05) is 6.07 Å². The third-order valence-electron chi connectivity index (χ3n) is 4.48. The number of halogens is 1. The Morgan fingerprint density at radius 1 is 1.23 bits per heavy atom. The topological polar surface area (TPSA) is 125 Å². The Morgan fingerprint density at radius 3 is 2.87 bits per heavy atom. The molecule has 10 heteroatoms. The fourth-order valence-electron chi connectivity index (χ4n) is 2.95. The molecule has 0 bridgehead atoms. The van der Waals surface area contributed by atoms with Crippen molar-refractivity contribution in [1.82, 2.24) is 15.2 Å². The molecule has 31 heavy (non-hydrogen) atoms. The maximum Gasteiger partial charge on any atom is 0.277 e. The largest absolute Gasteiger partial charge is 0.495 e. The van der Waals surface area contributed by atoms with E-state index in [4.69, 9.17) is 31.2 Å². The number of nitrogens with two attached hydrogens (primary N) is 1. The van der Waals surface area contributed by atoms with Gasteiger partial charge in [0.15, 0.2) is 5.82 Å². The highest BCUT2D eigenvalue weighted by molar-refractivity contribution is 6.32. The molecule has 1 amide bonds. The molecule has 0 aliphatic heterocycles. The van der Waals surface area contributed by atoms with Gasteiger partial charge in [-0.3, -0.25) is 9.78 Å². The van der Waals surface area contributed by atoms with Crippen molar-refractivity contribution >= 4 is 40.0 Å². The minimum absolute atomic E-state index is 0.208. The lowest BCUT2D eigenvalue weighted by Crippen LogP contribution is -2.13. The summed E-state index contributed by atoms with van der Waals surface area (Å²) < 4.78 is 16.5. The van der Waals surface area contributed by atoms with Gasteiger partial charge in [-0.25, -0.2) is 0 Å². The van der Waals surface area contributed by atoms with E-state index in [0.717, 1.165) is 11.3 Å². The first-order chi connectivity index (χ1) is 15.0. The molecule has 0 radical (unpaired) electrons. The highest BCUT2D eigenvalue weighted by Crippen LogP contribution is 2.33. The molecular weight excluding hydrogens is 422 g/mol. The number of ether oxygens (including phenoxy) is 2. The summed E-state index contributed by atoms with van der Waals surface area (Å²) in [6.45, 7) is 0.299. The molecule has 0 aliphatic carbocycles. The third kappa shape index (κ3) is 4.51. The van der Waals surface area contributed by atoms with Crippen LogP contribution in [0.5, 0.6) is 11.6 Å². The number of amides is 1. The van der Waals surface area contributed by atoms with Crippen LogP contribution in [0, 0.1) is 0 Å². The van der Waals surface area contributed by atoms with E-state index < -0.39 is 5.91 Å². The number of pyridine rings is 1. The van der Waals surface area contributed by atoms with Crippen LogP contribution in [-0.2, 0) is 6.42 Å². The number of carbonyl (C=O) groups is 1. The predicted molar refractivity (Wildman–Crippen MR) is 115 cm³/mol. The predicted octanol–water partition coefficient (Wildman–Crippen LogP) is 3.74. The monoisotopic (exact) mass is 439 g/mol. The van der Waals surface area contributed by atoms with Crippen LogP contribution in [0.4, 0.5) is 11.5 Å². The van der Waals surface area contributed by atoms with Crippen LogP contribution in [0.25, 0.3) is 11.0 Å². The quantitative estimate of drug-likeness (QED) is 0.425. The van der Waals surface area contributed by atoms with Gasteiger partial charge in [0.2, 0.25) is 5.58 Å². The summed E-state index contributed by atoms with van der Waals surface area (Å²) in [5, 5.41) is 12.7. The summed E-state index contributed by atoms with van der Waals surface area (Å²) in [5.41, 5.74) is 7.52. The maximum atomic E-state index is 11.3. The molecule has 1 aromatic carbocycles. The van der Waals surface area contributed by atoms with Gasteiger partial charge in [0.05, 0.1) is 30.4 Å². The fraction of sp³-hybridized carbons (Fsp3) is 0.143. The molecule has 0 aliphatic rings. The van der Waals surface area contributed by atoms with Crippen LogP contribution in [-0.4, -0.2) is 34.8 Å². The Bertz CT molecular complexity index is 1240. The minimum Gasteiger partial charge on any atom is -0.495 e. The Labute approximate surface area is 182 Å². The van der Waals surface area contributed by atoms with Crippen molar-refractivity contribution in [3.63, 3.8) is 0 Å². The van der Waals surface area contributed by atoms with Crippen molar-refractivity contribution in [1.29, 1.82) is 0 Å². The number of hydrogen-bond acceptors (Lipinski definition) is 8. The molecule has 0 saturated heterocycles. The summed E-state index contributed by atoms with van der Waals surface area (Å²) in [4.78, 5) is 15.2. The van der Waals surface area contributed by atoms with E-state index in [2.05, 4.69) is 20.5 Å². The van der Waals surface area contributed by atoms with E-state index in [1.165, 1.54) is 12.5 Å². The van der Waals surface area contributed by atoms with Gasteiger partial charge in [-0.05, 0) is 42.0 Å². The second kappa shape index (κ2) is 8.88. The summed E-state index contributed by atoms with van der Waals surface area (Å²) in [6.07, 6.45) is 3.60. The van der Waals surface area contributed by atoms with Gasteiger partial charge in [0.25, 0.3) is 11.8 Å². The lowest BCUT2D eigenvalue weighted by Gasteiger charge is -2.10. The van der Waals surface area contributed by atoms with Crippen molar-refractivity contribution in [2.24, 2.45) is 5.73 Å². The van der Waals surface area contributed by atoms with Crippen LogP contribution in [0.2, 0.25) is 5.02 Å². The lowest BCUT2D eigenvalue weighted by atomic mass is 10.2. The minimum atomic E-state index is -0.577. The Hall–Kier alpha value is -3.85. The van der Waals surface area contributed by atoms with Crippen LogP contribution < -0.4 is 20.5 Å². The number of methoxy groups -OCH3 is 1. The number of furan rings is 1. The second-order valence-electron chi connectivity index (χ2n) is 6.50. The first-order valence-electron chi connectivity index (χ1n) is 9.27. The number of benzene rings is 1. The molecule has 158 valence electrons. The zero-order valence-electron chi connectivity index (χ0n) is 16.5. The van der Waals surface area contributed by atoms with E-state index in [1.54, 1.807) is 37.4 Å². The van der Waals surface area contributed by atoms with Gasteiger partial charge in [-0.1, -0.05) is 11.6 Å². The van der Waals surface area contributed by atoms with Crippen molar-refractivity contribution in [3.05, 3.63) is 65.1 Å². The number of primary amides is 1. The van der Waals surface area contributed by atoms with E-state index in [-0.39, 0.29) is 11.6 Å². The van der Waals surface area contributed by atoms with Crippen molar-refractivity contribution in [3.8, 4) is 11.6 Å². The molecule has 4 rings (SSSR count). The number of anilines is 2. The Kier molecular flexibility index (Phi) is 5.85. The number of nitrogens with zero attached hydrogens (tertiary/aromatic N) is 3. The molecule has 0 saturated carbocycles. The van der Waals surface area contributed by atoms with Gasteiger partial charge in [-0.15, -0.1) is 10.2 Å². The average molecular weight is 440 g/mol.